The van der Waals surface area contributed by atoms with Crippen LogP contribution < -0.4 is 0 Å². The summed E-state index contributed by atoms with van der Waals surface area (Å²) in [6, 6.07) is 2.42. The van der Waals surface area contributed by atoms with Crippen LogP contribution in [0.15, 0.2) is 24.3 Å². The number of benzene rings is 2. The van der Waals surface area contributed by atoms with Gasteiger partial charge in [-0.05, 0) is 36.1 Å². The molecule has 0 fully saturated rings. The van der Waals surface area contributed by atoms with Crippen LogP contribution in [-0.4, -0.2) is 67.7 Å². The van der Waals surface area contributed by atoms with Crippen LogP contribution in [0.5, 0.6) is 0 Å². The molecular formula is C24H22N2O8. The fraction of sp³-hybridized carbons (Fsp3) is 0.333. The lowest BCUT2D eigenvalue weighted by Crippen LogP contribution is -2.54. The molecule has 0 aliphatic carbocycles. The smallest absolute Gasteiger partial charge is 0.327 e. The van der Waals surface area contributed by atoms with Gasteiger partial charge in [0.1, 0.15) is 12.1 Å². The highest BCUT2D eigenvalue weighted by Gasteiger charge is 2.46. The summed E-state index contributed by atoms with van der Waals surface area (Å²) in [5, 5.41) is 19.5. The molecule has 2 N–H and O–H groups in total. The molecule has 2 aliphatic heterocycles. The van der Waals surface area contributed by atoms with E-state index in [0.29, 0.717) is 9.80 Å². The number of carbonyl (C=O) groups excluding carboxylic acids is 4. The minimum atomic E-state index is -1.41. The van der Waals surface area contributed by atoms with Gasteiger partial charge in [-0.15, -0.1) is 0 Å². The lowest BCUT2D eigenvalue weighted by Gasteiger charge is -2.36. The molecule has 0 saturated heterocycles. The van der Waals surface area contributed by atoms with Gasteiger partial charge in [0.05, 0.1) is 0 Å². The Kier molecular flexibility index (Phi) is 5.27. The fourth-order valence-corrected chi connectivity index (χ4v) is 4.80. The molecule has 2 aromatic rings. The van der Waals surface area contributed by atoms with Crippen molar-refractivity contribution in [3.63, 3.8) is 0 Å². The topological polar surface area (TPSA) is 149 Å². The molecule has 0 aromatic heterocycles. The first kappa shape index (κ1) is 23.1. The number of rotatable bonds is 6. The Balaban J connectivity index is 1.96. The van der Waals surface area contributed by atoms with Crippen molar-refractivity contribution in [3.05, 3.63) is 46.5 Å². The summed E-state index contributed by atoms with van der Waals surface area (Å²) in [6.07, 6.45) is 0. The molecule has 0 bridgehead atoms. The van der Waals surface area contributed by atoms with Crippen molar-refractivity contribution in [2.45, 2.75) is 39.8 Å². The summed E-state index contributed by atoms with van der Waals surface area (Å²) in [4.78, 5) is 78.3. The minimum Gasteiger partial charge on any atom is -0.480 e. The van der Waals surface area contributed by atoms with Crippen molar-refractivity contribution in [2.24, 2.45) is 11.8 Å². The first-order valence-electron chi connectivity index (χ1n) is 10.7. The standard InChI is InChI=1S/C24H22N2O8/c1-9(2)17(23(31)32)25-19(27)11-5-7-13-16-14(8-6-12(15(11)16)20(25)28)22(30)26(21(13)29)18(10(3)4)24(33)34/h5-10,17-18H,1-4H3,(H,31,32)(H,33,34)/t17-,18-/m0/s1. The average molecular weight is 466 g/mol. The highest BCUT2D eigenvalue weighted by molar-refractivity contribution is 6.34. The molecule has 4 rings (SSSR count). The number of aliphatic carboxylic acids is 2. The van der Waals surface area contributed by atoms with Crippen molar-refractivity contribution in [1.29, 1.82) is 0 Å². The third-order valence-corrected chi connectivity index (χ3v) is 6.28. The van der Waals surface area contributed by atoms with Crippen molar-refractivity contribution in [3.8, 4) is 0 Å². The zero-order chi connectivity index (χ0) is 25.2. The van der Waals surface area contributed by atoms with Crippen LogP contribution in [0, 0.1) is 11.8 Å². The molecule has 2 aromatic carbocycles. The number of hydrogen-bond acceptors (Lipinski definition) is 6. The highest BCUT2D eigenvalue weighted by Crippen LogP contribution is 2.39. The molecule has 0 spiro atoms. The molecule has 2 atom stereocenters. The van der Waals surface area contributed by atoms with Crippen molar-refractivity contribution in [1.82, 2.24) is 9.80 Å². The summed E-state index contributed by atoms with van der Waals surface area (Å²) >= 11 is 0. The van der Waals surface area contributed by atoms with E-state index in [1.54, 1.807) is 27.7 Å². The van der Waals surface area contributed by atoms with E-state index in [2.05, 4.69) is 0 Å². The number of amides is 4. The van der Waals surface area contributed by atoms with Gasteiger partial charge in [0, 0.05) is 33.0 Å². The molecule has 176 valence electrons. The Labute approximate surface area is 193 Å². The summed E-state index contributed by atoms with van der Waals surface area (Å²) in [5.41, 5.74) is -0.0193. The Morgan fingerprint density at radius 2 is 0.824 bits per heavy atom. The monoisotopic (exact) mass is 466 g/mol. The van der Waals surface area contributed by atoms with E-state index in [1.807, 2.05) is 0 Å². The maximum atomic E-state index is 13.3. The van der Waals surface area contributed by atoms with Crippen molar-refractivity contribution < 1.29 is 39.0 Å². The van der Waals surface area contributed by atoms with Crippen LogP contribution in [0.3, 0.4) is 0 Å². The second kappa shape index (κ2) is 7.75. The van der Waals surface area contributed by atoms with Gasteiger partial charge >= 0.3 is 11.9 Å². The van der Waals surface area contributed by atoms with E-state index in [0.717, 1.165) is 0 Å². The van der Waals surface area contributed by atoms with E-state index in [-0.39, 0.29) is 33.0 Å². The Bertz CT molecular complexity index is 1150. The number of carbonyl (C=O) groups is 6. The van der Waals surface area contributed by atoms with Gasteiger partial charge in [0.25, 0.3) is 23.6 Å². The fourth-order valence-electron chi connectivity index (χ4n) is 4.80. The van der Waals surface area contributed by atoms with Crippen LogP contribution in [0.4, 0.5) is 0 Å². The lowest BCUT2D eigenvalue weighted by atomic mass is 9.84. The van der Waals surface area contributed by atoms with Gasteiger partial charge in [-0.1, -0.05) is 27.7 Å². The van der Waals surface area contributed by atoms with E-state index in [9.17, 15) is 39.0 Å². The van der Waals surface area contributed by atoms with E-state index in [4.69, 9.17) is 0 Å². The Hall–Kier alpha value is -4.08. The molecule has 34 heavy (non-hydrogen) atoms. The van der Waals surface area contributed by atoms with Gasteiger partial charge in [-0.3, -0.25) is 29.0 Å². The first-order chi connectivity index (χ1) is 15.9. The Morgan fingerprint density at radius 3 is 1.00 bits per heavy atom. The molecule has 0 unspecified atom stereocenters. The minimum absolute atomic E-state index is 0.00482. The number of carboxylic acids is 2. The van der Waals surface area contributed by atoms with Crippen LogP contribution in [0.1, 0.15) is 69.1 Å². The summed E-state index contributed by atoms with van der Waals surface area (Å²) in [6.45, 7) is 6.31. The molecule has 0 radical (unpaired) electrons. The molecule has 10 heteroatoms. The number of nitrogens with zero attached hydrogens (tertiary/aromatic N) is 2. The van der Waals surface area contributed by atoms with Gasteiger partial charge in [-0.25, -0.2) is 9.59 Å². The van der Waals surface area contributed by atoms with Crippen LogP contribution in [0.25, 0.3) is 10.8 Å². The number of imide groups is 2. The number of hydrogen-bond donors (Lipinski definition) is 2. The summed E-state index contributed by atoms with van der Waals surface area (Å²) in [7, 11) is 0. The summed E-state index contributed by atoms with van der Waals surface area (Å²) < 4.78 is 0. The molecule has 10 nitrogen and oxygen atoms in total. The zero-order valence-corrected chi connectivity index (χ0v) is 18.9. The van der Waals surface area contributed by atoms with E-state index >= 15 is 0 Å². The van der Waals surface area contributed by atoms with Crippen LogP contribution in [-0.2, 0) is 9.59 Å². The third kappa shape index (κ3) is 3.01. The number of carboxylic acid groups (broad SMARTS) is 2. The predicted molar refractivity (Wildman–Crippen MR) is 117 cm³/mol. The van der Waals surface area contributed by atoms with Gasteiger partial charge in [0.15, 0.2) is 0 Å². The average Bonchev–Trinajstić information content (AvgIpc) is 2.74. The summed E-state index contributed by atoms with van der Waals surface area (Å²) in [5.74, 6) is -7.16. The van der Waals surface area contributed by atoms with Gasteiger partial charge in [0.2, 0.25) is 0 Å². The van der Waals surface area contributed by atoms with Crippen LogP contribution in [0.2, 0.25) is 0 Å². The van der Waals surface area contributed by atoms with Crippen molar-refractivity contribution in [2.75, 3.05) is 0 Å². The van der Waals surface area contributed by atoms with Gasteiger partial charge < -0.3 is 10.2 Å². The predicted octanol–water partition coefficient (Wildman–Crippen LogP) is 2.25. The Morgan fingerprint density at radius 1 is 0.588 bits per heavy atom. The van der Waals surface area contributed by atoms with E-state index in [1.165, 1.54) is 24.3 Å². The SMILES string of the molecule is CC(C)[C@@H](C(=O)O)N1C(=O)c2ccc3c4c(ccc(c24)C1=O)C(=O)N([C@H](C(=O)O)C(C)C)C3=O. The first-order valence-corrected chi connectivity index (χ1v) is 10.7. The largest absolute Gasteiger partial charge is 0.480 e. The highest BCUT2D eigenvalue weighted by atomic mass is 16.4. The van der Waals surface area contributed by atoms with Crippen molar-refractivity contribution >= 4 is 46.3 Å². The normalized spacial score (nSPS) is 17.1. The zero-order valence-electron chi connectivity index (χ0n) is 18.9. The molecule has 2 aliphatic rings. The second-order valence-electron chi connectivity index (χ2n) is 9.09. The van der Waals surface area contributed by atoms with Gasteiger partial charge in [-0.2, -0.15) is 0 Å². The molecule has 2 heterocycles. The molecule has 0 saturated carbocycles. The second-order valence-corrected chi connectivity index (χ2v) is 9.09. The quantitative estimate of drug-likeness (QED) is 0.616. The van der Waals surface area contributed by atoms with E-state index < -0.39 is 59.5 Å². The molecular weight excluding hydrogens is 444 g/mol. The third-order valence-electron chi connectivity index (χ3n) is 6.28. The maximum Gasteiger partial charge on any atom is 0.327 e. The maximum absolute atomic E-state index is 13.3. The lowest BCUT2D eigenvalue weighted by molar-refractivity contribution is -0.144. The van der Waals surface area contributed by atoms with Crippen LogP contribution >= 0.6 is 0 Å². The molecule has 4 amide bonds.